The van der Waals surface area contributed by atoms with E-state index in [1.165, 1.54) is 6.07 Å². The minimum Gasteiger partial charge on any atom is -0.258 e. The predicted octanol–water partition coefficient (Wildman–Crippen LogP) is 2.71. The molecule has 0 aliphatic heterocycles. The van der Waals surface area contributed by atoms with E-state index in [1.54, 1.807) is 16.8 Å². The third-order valence-corrected chi connectivity index (χ3v) is 2.57. The number of aromatic nitrogens is 2. The number of nitro benzene ring substituents is 1. The summed E-state index contributed by atoms with van der Waals surface area (Å²) in [6, 6.07) is 6.91. The fourth-order valence-electron chi connectivity index (χ4n) is 1.83. The summed E-state index contributed by atoms with van der Waals surface area (Å²) in [5.41, 5.74) is 3.29. The van der Waals surface area contributed by atoms with Crippen LogP contribution in [0.3, 0.4) is 0 Å². The van der Waals surface area contributed by atoms with E-state index in [-0.39, 0.29) is 10.6 Å². The van der Waals surface area contributed by atoms with Gasteiger partial charge in [0.2, 0.25) is 0 Å². The molecule has 0 aliphatic carbocycles. The molecular formula is C12H13N3O2. The minimum atomic E-state index is -0.384. The molecule has 2 rings (SSSR count). The topological polar surface area (TPSA) is 61.0 Å². The normalized spacial score (nSPS) is 10.5. The SMILES string of the molecule is Cc1ccc([N+](=O)[O-])c(-n2nc(C)cc2C)c1. The molecule has 5 heteroatoms. The molecule has 17 heavy (non-hydrogen) atoms. The lowest BCUT2D eigenvalue weighted by atomic mass is 10.2. The van der Waals surface area contributed by atoms with Crippen LogP contribution in [0.4, 0.5) is 5.69 Å². The minimum absolute atomic E-state index is 0.0711. The predicted molar refractivity (Wildman–Crippen MR) is 64.4 cm³/mol. The lowest BCUT2D eigenvalue weighted by Crippen LogP contribution is -2.04. The average Bonchev–Trinajstić information content (AvgIpc) is 2.57. The fraction of sp³-hybridized carbons (Fsp3) is 0.250. The Morgan fingerprint density at radius 2 is 1.94 bits per heavy atom. The van der Waals surface area contributed by atoms with E-state index in [2.05, 4.69) is 5.10 Å². The monoisotopic (exact) mass is 231 g/mol. The summed E-state index contributed by atoms with van der Waals surface area (Å²) in [5.74, 6) is 0. The van der Waals surface area contributed by atoms with Gasteiger partial charge in [-0.05, 0) is 38.5 Å². The number of hydrogen-bond donors (Lipinski definition) is 0. The second-order valence-corrected chi connectivity index (χ2v) is 4.09. The van der Waals surface area contributed by atoms with Crippen LogP contribution in [0.15, 0.2) is 24.3 Å². The first-order valence-corrected chi connectivity index (χ1v) is 5.27. The molecule has 2 aromatic rings. The van der Waals surface area contributed by atoms with Gasteiger partial charge in [0, 0.05) is 11.8 Å². The Hall–Kier alpha value is -2.17. The molecule has 0 bridgehead atoms. The second kappa shape index (κ2) is 4.01. The molecule has 0 aliphatic rings. The maximum atomic E-state index is 11.0. The zero-order valence-corrected chi connectivity index (χ0v) is 9.97. The van der Waals surface area contributed by atoms with Crippen LogP contribution in [-0.2, 0) is 0 Å². The summed E-state index contributed by atoms with van der Waals surface area (Å²) in [7, 11) is 0. The Bertz CT molecular complexity index is 587. The zero-order valence-electron chi connectivity index (χ0n) is 9.97. The van der Waals surface area contributed by atoms with Gasteiger partial charge in [0.25, 0.3) is 5.69 Å². The van der Waals surface area contributed by atoms with Gasteiger partial charge in [-0.3, -0.25) is 10.1 Å². The third-order valence-electron chi connectivity index (χ3n) is 2.57. The highest BCUT2D eigenvalue weighted by Gasteiger charge is 2.17. The summed E-state index contributed by atoms with van der Waals surface area (Å²) in [6.07, 6.45) is 0. The molecule has 1 aromatic heterocycles. The Labute approximate surface area is 98.8 Å². The number of hydrogen-bond acceptors (Lipinski definition) is 3. The molecule has 0 atom stereocenters. The van der Waals surface area contributed by atoms with E-state index in [0.717, 1.165) is 17.0 Å². The van der Waals surface area contributed by atoms with Gasteiger partial charge in [-0.15, -0.1) is 0 Å². The second-order valence-electron chi connectivity index (χ2n) is 4.09. The molecule has 0 saturated carbocycles. The molecule has 0 spiro atoms. The molecule has 5 nitrogen and oxygen atoms in total. The molecule has 0 saturated heterocycles. The van der Waals surface area contributed by atoms with Crippen molar-refractivity contribution in [2.45, 2.75) is 20.8 Å². The first kappa shape index (κ1) is 11.3. The third kappa shape index (κ3) is 2.04. The van der Waals surface area contributed by atoms with Crippen molar-refractivity contribution in [1.29, 1.82) is 0 Å². The van der Waals surface area contributed by atoms with Crippen molar-refractivity contribution in [2.24, 2.45) is 0 Å². The van der Waals surface area contributed by atoms with Crippen LogP contribution < -0.4 is 0 Å². The first-order valence-electron chi connectivity index (χ1n) is 5.27. The van der Waals surface area contributed by atoms with Crippen molar-refractivity contribution in [3.05, 3.63) is 51.3 Å². The van der Waals surface area contributed by atoms with Crippen LogP contribution in [0.25, 0.3) is 5.69 Å². The summed E-state index contributed by atoms with van der Waals surface area (Å²) in [6.45, 7) is 5.65. The van der Waals surface area contributed by atoms with Gasteiger partial charge >= 0.3 is 0 Å². The highest BCUT2D eigenvalue weighted by molar-refractivity contribution is 5.54. The Balaban J connectivity index is 2.69. The Morgan fingerprint density at radius 3 is 2.47 bits per heavy atom. The molecule has 0 fully saturated rings. The smallest absolute Gasteiger partial charge is 0.258 e. The molecule has 1 heterocycles. The Morgan fingerprint density at radius 1 is 1.24 bits per heavy atom. The average molecular weight is 231 g/mol. The number of aryl methyl sites for hydroxylation is 3. The van der Waals surface area contributed by atoms with Crippen molar-refractivity contribution < 1.29 is 4.92 Å². The van der Waals surface area contributed by atoms with Crippen LogP contribution in [0.1, 0.15) is 17.0 Å². The van der Waals surface area contributed by atoms with Gasteiger partial charge in [0.05, 0.1) is 10.6 Å². The van der Waals surface area contributed by atoms with Crippen molar-refractivity contribution >= 4 is 5.69 Å². The van der Waals surface area contributed by atoms with Gasteiger partial charge in [-0.1, -0.05) is 6.07 Å². The highest BCUT2D eigenvalue weighted by Crippen LogP contribution is 2.24. The van der Waals surface area contributed by atoms with Crippen LogP contribution in [-0.4, -0.2) is 14.7 Å². The fourth-order valence-corrected chi connectivity index (χ4v) is 1.83. The molecule has 0 unspecified atom stereocenters. The van der Waals surface area contributed by atoms with E-state index in [4.69, 9.17) is 0 Å². The van der Waals surface area contributed by atoms with E-state index in [9.17, 15) is 10.1 Å². The standard InChI is InChI=1S/C12H13N3O2/c1-8-4-5-11(15(16)17)12(6-8)14-10(3)7-9(2)13-14/h4-7H,1-3H3. The maximum Gasteiger partial charge on any atom is 0.294 e. The number of benzene rings is 1. The lowest BCUT2D eigenvalue weighted by molar-refractivity contribution is -0.384. The largest absolute Gasteiger partial charge is 0.294 e. The van der Waals surface area contributed by atoms with Crippen LogP contribution in [0.5, 0.6) is 0 Å². The quantitative estimate of drug-likeness (QED) is 0.589. The summed E-state index contributed by atoms with van der Waals surface area (Å²) in [4.78, 5) is 10.6. The zero-order chi connectivity index (χ0) is 12.6. The molecule has 0 radical (unpaired) electrons. The van der Waals surface area contributed by atoms with Gasteiger partial charge in [0.15, 0.2) is 0 Å². The van der Waals surface area contributed by atoms with E-state index in [0.29, 0.717) is 5.69 Å². The number of rotatable bonds is 2. The van der Waals surface area contributed by atoms with E-state index < -0.39 is 0 Å². The maximum absolute atomic E-state index is 11.0. The summed E-state index contributed by atoms with van der Waals surface area (Å²) >= 11 is 0. The summed E-state index contributed by atoms with van der Waals surface area (Å²) in [5, 5.41) is 15.3. The molecule has 0 N–H and O–H groups in total. The van der Waals surface area contributed by atoms with Crippen molar-refractivity contribution in [1.82, 2.24) is 9.78 Å². The number of nitrogens with zero attached hydrogens (tertiary/aromatic N) is 3. The number of nitro groups is 1. The van der Waals surface area contributed by atoms with Gasteiger partial charge in [0.1, 0.15) is 5.69 Å². The first-order chi connectivity index (χ1) is 7.99. The van der Waals surface area contributed by atoms with Crippen molar-refractivity contribution in [2.75, 3.05) is 0 Å². The van der Waals surface area contributed by atoms with Gasteiger partial charge < -0.3 is 0 Å². The molecule has 0 amide bonds. The summed E-state index contributed by atoms with van der Waals surface area (Å²) < 4.78 is 1.61. The van der Waals surface area contributed by atoms with Gasteiger partial charge in [-0.2, -0.15) is 5.10 Å². The lowest BCUT2D eigenvalue weighted by Gasteiger charge is -2.06. The molecule has 88 valence electrons. The van der Waals surface area contributed by atoms with E-state index >= 15 is 0 Å². The molecular weight excluding hydrogens is 218 g/mol. The highest BCUT2D eigenvalue weighted by atomic mass is 16.6. The Kier molecular flexibility index (Phi) is 2.67. The van der Waals surface area contributed by atoms with Crippen molar-refractivity contribution in [3.8, 4) is 5.69 Å². The van der Waals surface area contributed by atoms with Crippen molar-refractivity contribution in [3.63, 3.8) is 0 Å². The van der Waals surface area contributed by atoms with Crippen LogP contribution >= 0.6 is 0 Å². The van der Waals surface area contributed by atoms with E-state index in [1.807, 2.05) is 26.8 Å². The van der Waals surface area contributed by atoms with Gasteiger partial charge in [-0.25, -0.2) is 4.68 Å². The molecule has 1 aromatic carbocycles. The van der Waals surface area contributed by atoms with Crippen LogP contribution in [0.2, 0.25) is 0 Å². The van der Waals surface area contributed by atoms with Crippen LogP contribution in [0, 0.1) is 30.9 Å².